The SMILES string of the molecule is C.C.CC1(C)c2cc(-c3c4ccccc4c(-c4ccccc4)c4ccccc34)cc3c2-n2c4c1cccc4c1cccc(c12)C3(C)C.CC1(C)c2cc(C#N)cc3c2N2c4c1cc(C#N)cc4C(C)(C)c1cc(-c4c5ccccc5c(-c5ccccc5)c5ccccc45)cc(c12)C3(C)C.CC1(C)c2cccc3c2N2c4c1cccc4C(C)(C)c1cc(-c4c5ccccc5c(-c5ccccc5)c5ccccc45)cc(c12)C3(C)C. The van der Waals surface area contributed by atoms with Gasteiger partial charge in [0.2, 0.25) is 0 Å². The van der Waals surface area contributed by atoms with Crippen LogP contribution in [0.3, 0.4) is 0 Å². The highest BCUT2D eigenvalue weighted by Gasteiger charge is 2.56. The Bertz CT molecular complexity index is 9240. The normalized spacial score (nSPS) is 16.0. The Hall–Kier alpha value is -16.4. The summed E-state index contributed by atoms with van der Waals surface area (Å²) in [4.78, 5) is 5.17. The van der Waals surface area contributed by atoms with Crippen molar-refractivity contribution in [3.63, 3.8) is 0 Å². The van der Waals surface area contributed by atoms with Crippen molar-refractivity contribution in [2.24, 2.45) is 0 Å². The smallest absolute Gasteiger partial charge is 0.0991 e. The van der Waals surface area contributed by atoms with Crippen LogP contribution in [0.15, 0.2) is 370 Å². The second-order valence-electron chi connectivity index (χ2n) is 46.3. The van der Waals surface area contributed by atoms with E-state index in [1.807, 2.05) is 0 Å². The Kier molecular flexibility index (Phi) is 19.1. The fourth-order valence-corrected chi connectivity index (χ4v) is 28.5. The lowest BCUT2D eigenvalue weighted by molar-refractivity contribution is 0.566. The number of fused-ring (bicyclic) bond motifs is 7. The molecule has 0 saturated heterocycles. The van der Waals surface area contributed by atoms with Crippen molar-refractivity contribution >= 4 is 121 Å². The fourth-order valence-electron chi connectivity index (χ4n) is 28.5. The summed E-state index contributed by atoms with van der Waals surface area (Å²) in [6, 6.07) is 143. The molecule has 8 aliphatic rings. The van der Waals surface area contributed by atoms with Crippen molar-refractivity contribution in [2.45, 2.75) is 169 Å². The third-order valence-electron chi connectivity index (χ3n) is 35.9. The van der Waals surface area contributed by atoms with Crippen molar-refractivity contribution in [2.75, 3.05) is 9.80 Å². The van der Waals surface area contributed by atoms with Gasteiger partial charge in [0, 0.05) is 54.1 Å². The van der Waals surface area contributed by atoms with E-state index in [1.165, 1.54) is 271 Å². The standard InChI is InChI=1S/C49H37N3.C47H39N.C44H33N.2CH4/c1-47(2)36-20-28(26-50)22-38-44(36)52-45-37(47)21-29(27-51)23-39(45)49(5,6)41-25-31(24-40(46(41)52)48(38,3)4)43-34-18-12-10-16-32(34)42(30-14-8-7-9-15-30)33-17-11-13-19-35(33)43;1-45(2)34-22-14-24-36-42(34)48-43-35(45)23-15-25-37(43)47(5,6)39-27-29(26-38(44(39)48)46(36,3)4)41-32-20-12-10-18-30(32)40(28-16-8-7-9-17-28)31-19-11-13-21-33(31)41;1-43(2)34-22-12-20-32-33-21-13-23-35-41(33)45(40(32)34)42-36(43)24-27(25-37(42)44(35,3)4)39-30-18-10-8-16-28(30)38(26-14-6-5-7-15-26)29-17-9-11-19-31(29)39;;/h7-25H,1-6H3;7-27H,1-6H3;5-25H,1-4H3;2*1H4. The lowest BCUT2D eigenvalue weighted by atomic mass is 9.60. The zero-order valence-corrected chi connectivity index (χ0v) is 85.0. The first-order valence-corrected chi connectivity index (χ1v) is 51.7. The predicted octanol–water partition coefficient (Wildman–Crippen LogP) is 38.1. The molecule has 5 nitrogen and oxygen atoms in total. The van der Waals surface area contributed by atoms with E-state index >= 15 is 0 Å². The molecule has 0 spiro atoms. The Morgan fingerprint density at radius 2 is 0.327 bits per heavy atom. The van der Waals surface area contributed by atoms with Crippen LogP contribution in [-0.2, 0) is 43.3 Å². The third kappa shape index (κ3) is 11.9. The van der Waals surface area contributed by atoms with Crippen LogP contribution in [0.2, 0.25) is 0 Å². The van der Waals surface area contributed by atoms with E-state index < -0.39 is 16.2 Å². The Morgan fingerprint density at radius 1 is 0.163 bits per heavy atom. The summed E-state index contributed by atoms with van der Waals surface area (Å²) in [5.74, 6) is 0. The van der Waals surface area contributed by atoms with Crippen LogP contribution in [0.5, 0.6) is 0 Å². The molecule has 710 valence electrons. The molecule has 1 aromatic heterocycles. The van der Waals surface area contributed by atoms with Crippen molar-refractivity contribution in [3.05, 3.63) is 470 Å². The summed E-state index contributed by atoms with van der Waals surface area (Å²) in [5, 5.41) is 38.8. The van der Waals surface area contributed by atoms with Gasteiger partial charge < -0.3 is 14.4 Å². The number of rotatable bonds is 6. The molecule has 0 saturated carbocycles. The molecule has 0 atom stereocenters. The van der Waals surface area contributed by atoms with E-state index in [0.717, 1.165) is 11.1 Å². The van der Waals surface area contributed by atoms with Crippen LogP contribution in [0.1, 0.15) is 226 Å². The van der Waals surface area contributed by atoms with Gasteiger partial charge in [0.25, 0.3) is 0 Å². The topological polar surface area (TPSA) is 59.0 Å². The third-order valence-corrected chi connectivity index (χ3v) is 35.9. The highest BCUT2D eigenvalue weighted by Crippen LogP contribution is 2.71. The number of hydrogen-bond acceptors (Lipinski definition) is 4. The maximum Gasteiger partial charge on any atom is 0.0991 e. The second-order valence-corrected chi connectivity index (χ2v) is 46.3. The number of nitrogens with zero attached hydrogens (tertiary/aromatic N) is 5. The lowest BCUT2D eigenvalue weighted by Gasteiger charge is -2.55. The van der Waals surface area contributed by atoms with Gasteiger partial charge >= 0.3 is 0 Å². The highest BCUT2D eigenvalue weighted by atomic mass is 15.2. The highest BCUT2D eigenvalue weighted by molar-refractivity contribution is 6.26. The summed E-state index contributed by atoms with van der Waals surface area (Å²) in [6.07, 6.45) is 0. The molecule has 0 amide bonds. The number of aromatic nitrogens is 1. The van der Waals surface area contributed by atoms with Gasteiger partial charge in [-0.25, -0.2) is 0 Å². The maximum atomic E-state index is 10.4. The molecule has 8 aliphatic heterocycles. The molecule has 22 aromatic rings. The fraction of sp³-hybridized carbons (Fsp3) is 0.183. The van der Waals surface area contributed by atoms with Crippen LogP contribution in [0.4, 0.5) is 34.1 Å². The summed E-state index contributed by atoms with van der Waals surface area (Å²) in [5.41, 5.74) is 47.8. The van der Waals surface area contributed by atoms with E-state index in [2.05, 4.69) is 507 Å². The van der Waals surface area contributed by atoms with E-state index in [9.17, 15) is 10.5 Å². The minimum absolute atomic E-state index is 0. The molecule has 0 radical (unpaired) electrons. The summed E-state index contributed by atoms with van der Waals surface area (Å²) >= 11 is 0. The molecule has 0 aliphatic carbocycles. The Morgan fingerprint density at radius 3 is 0.558 bits per heavy atom. The summed E-state index contributed by atoms with van der Waals surface area (Å²) in [7, 11) is 0. The van der Waals surface area contributed by atoms with E-state index in [-0.39, 0.29) is 41.9 Å². The van der Waals surface area contributed by atoms with Crippen molar-refractivity contribution in [3.8, 4) is 84.6 Å². The number of hydrogen-bond donors (Lipinski definition) is 0. The molecule has 9 heterocycles. The lowest BCUT2D eigenvalue weighted by Crippen LogP contribution is -2.43. The second kappa shape index (κ2) is 31.1. The van der Waals surface area contributed by atoms with Crippen LogP contribution in [0, 0.1) is 22.7 Å². The molecular formula is C142H117N5. The van der Waals surface area contributed by atoms with Gasteiger partial charge in [-0.05, 0) is 281 Å². The maximum absolute atomic E-state index is 10.4. The van der Waals surface area contributed by atoms with Crippen molar-refractivity contribution < 1.29 is 0 Å². The summed E-state index contributed by atoms with van der Waals surface area (Å²) < 4.78 is 2.62. The van der Waals surface area contributed by atoms with E-state index in [1.54, 1.807) is 0 Å². The van der Waals surface area contributed by atoms with Gasteiger partial charge in [0.05, 0.1) is 74.1 Å². The molecule has 147 heavy (non-hydrogen) atoms. The monoisotopic (exact) mass is 1890 g/mol. The molecule has 0 bridgehead atoms. The van der Waals surface area contributed by atoms with Crippen molar-refractivity contribution in [1.29, 1.82) is 10.5 Å². The van der Waals surface area contributed by atoms with Crippen LogP contribution >= 0.6 is 0 Å². The van der Waals surface area contributed by atoms with E-state index in [4.69, 9.17) is 0 Å². The molecule has 0 fully saturated rings. The number of nitriles is 2. The molecule has 30 rings (SSSR count). The number of para-hydroxylation sites is 4. The molecule has 0 unspecified atom stereocenters. The zero-order valence-electron chi connectivity index (χ0n) is 85.0. The van der Waals surface area contributed by atoms with Gasteiger partial charge in [0.1, 0.15) is 0 Å². The quantitative estimate of drug-likeness (QED) is 0.156. The minimum Gasteiger partial charge on any atom is -0.309 e. The predicted molar refractivity (Wildman–Crippen MR) is 621 cm³/mol. The van der Waals surface area contributed by atoms with Gasteiger partial charge in [-0.15, -0.1) is 0 Å². The molecule has 5 heteroatoms. The van der Waals surface area contributed by atoms with Crippen LogP contribution < -0.4 is 9.80 Å². The van der Waals surface area contributed by atoms with Gasteiger partial charge in [-0.2, -0.15) is 10.5 Å². The molecule has 0 N–H and O–H groups in total. The number of anilines is 6. The zero-order chi connectivity index (χ0) is 98.9. The first kappa shape index (κ1) is 90.6. The molecular weight excluding hydrogens is 1780 g/mol. The first-order chi connectivity index (χ1) is 70.0. The molecule has 21 aromatic carbocycles. The van der Waals surface area contributed by atoms with Gasteiger partial charge in [0.15, 0.2) is 0 Å². The largest absolute Gasteiger partial charge is 0.309 e. The van der Waals surface area contributed by atoms with Crippen LogP contribution in [-0.4, -0.2) is 4.57 Å². The average molecular weight is 1890 g/mol. The van der Waals surface area contributed by atoms with Gasteiger partial charge in [-0.1, -0.05) is 435 Å². The average Bonchev–Trinajstić information content (AvgIpc) is 1.50. The van der Waals surface area contributed by atoms with E-state index in [0.29, 0.717) is 11.1 Å². The summed E-state index contributed by atoms with van der Waals surface area (Å²) in [6.45, 7) is 38.2. The van der Waals surface area contributed by atoms with Crippen molar-refractivity contribution in [1.82, 2.24) is 4.57 Å². The Labute approximate surface area is 863 Å². The first-order valence-electron chi connectivity index (χ1n) is 51.7. The van der Waals surface area contributed by atoms with Gasteiger partial charge in [-0.3, -0.25) is 0 Å². The number of benzene rings is 21. The minimum atomic E-state index is -0.413. The van der Waals surface area contributed by atoms with Crippen LogP contribution in [0.25, 0.3) is 159 Å². The Balaban J connectivity index is 0.000000111.